The van der Waals surface area contributed by atoms with Crippen LogP contribution in [0, 0.1) is 0 Å². The Morgan fingerprint density at radius 1 is 0.800 bits per heavy atom. The summed E-state index contributed by atoms with van der Waals surface area (Å²) in [6.45, 7) is 18.1. The Kier molecular flexibility index (Phi) is 7.19. The summed E-state index contributed by atoms with van der Waals surface area (Å²) in [5.41, 5.74) is 0. The summed E-state index contributed by atoms with van der Waals surface area (Å²) in [5, 5.41) is 1.13. The molecule has 152 valence electrons. The first kappa shape index (κ1) is 21.8. The van der Waals surface area contributed by atoms with Crippen LogP contribution in [0.1, 0.15) is 61.8 Å². The zero-order valence-electron chi connectivity index (χ0n) is 17.3. The van der Waals surface area contributed by atoms with Crippen molar-refractivity contribution in [2.45, 2.75) is 101 Å². The van der Waals surface area contributed by atoms with E-state index in [2.05, 4.69) is 55.4 Å². The molecule has 25 heavy (non-hydrogen) atoms. The standard InChI is InChI=1S/C18H38O5S2/c1-12(2)24(13(3)4)20-11-17-16(10-18(19-9)21-17)22-25(23-24,14(5)6)15(7)8/h12-18H,10-11H2,1-9H3/t16-,17?,18?/m0/s1. The molecule has 2 fully saturated rings. The van der Waals surface area contributed by atoms with Crippen LogP contribution in [-0.2, 0) is 21.5 Å². The fourth-order valence-corrected chi connectivity index (χ4v) is 11.8. The van der Waals surface area contributed by atoms with Crippen LogP contribution in [0.5, 0.6) is 0 Å². The predicted molar refractivity (Wildman–Crippen MR) is 108 cm³/mol. The number of hydrogen-bond acceptors (Lipinski definition) is 5. The summed E-state index contributed by atoms with van der Waals surface area (Å²) in [5.74, 6) is 0. The van der Waals surface area contributed by atoms with Gasteiger partial charge in [0.2, 0.25) is 0 Å². The first-order valence-corrected chi connectivity index (χ1v) is 12.6. The molecule has 0 spiro atoms. The summed E-state index contributed by atoms with van der Waals surface area (Å²) in [4.78, 5) is 0. The van der Waals surface area contributed by atoms with Gasteiger partial charge in [0.05, 0.1) is 0 Å². The smallest absolute Gasteiger partial charge is 0.160 e. The van der Waals surface area contributed by atoms with Crippen LogP contribution in [0.15, 0.2) is 0 Å². The lowest BCUT2D eigenvalue weighted by molar-refractivity contribution is -0.124. The van der Waals surface area contributed by atoms with E-state index in [1.807, 2.05) is 0 Å². The lowest BCUT2D eigenvalue weighted by atomic mass is 10.2. The lowest BCUT2D eigenvalue weighted by Crippen LogP contribution is -2.42. The Balaban J connectivity index is 2.47. The molecule has 3 atom stereocenters. The van der Waals surface area contributed by atoms with Crippen LogP contribution in [0.3, 0.4) is 0 Å². The lowest BCUT2D eigenvalue weighted by Gasteiger charge is -2.62. The van der Waals surface area contributed by atoms with Crippen molar-refractivity contribution in [1.29, 1.82) is 0 Å². The van der Waals surface area contributed by atoms with E-state index in [-0.39, 0.29) is 39.5 Å². The zero-order valence-corrected chi connectivity index (χ0v) is 18.9. The molecule has 0 aromatic carbocycles. The summed E-state index contributed by atoms with van der Waals surface area (Å²) >= 11 is 0. The Morgan fingerprint density at radius 3 is 1.76 bits per heavy atom. The third kappa shape index (κ3) is 4.03. The number of hydrogen-bond donors (Lipinski definition) is 0. The van der Waals surface area contributed by atoms with Crippen LogP contribution in [-0.4, -0.2) is 53.2 Å². The normalized spacial score (nSPS) is 34.8. The van der Waals surface area contributed by atoms with Crippen LogP contribution in [0.25, 0.3) is 0 Å². The van der Waals surface area contributed by atoms with Crippen LogP contribution >= 0.6 is 21.2 Å². The third-order valence-corrected chi connectivity index (χ3v) is 13.0. The van der Waals surface area contributed by atoms with E-state index < -0.39 is 21.2 Å². The highest BCUT2D eigenvalue weighted by Gasteiger charge is 2.49. The van der Waals surface area contributed by atoms with Crippen molar-refractivity contribution in [1.82, 2.24) is 0 Å². The van der Waals surface area contributed by atoms with Crippen LogP contribution in [0.4, 0.5) is 0 Å². The molecule has 0 aliphatic carbocycles. The molecule has 0 bridgehead atoms. The Hall–Kier alpha value is 0.500. The fourth-order valence-electron chi connectivity index (χ4n) is 3.55. The zero-order chi connectivity index (χ0) is 19.0. The van der Waals surface area contributed by atoms with E-state index in [1.54, 1.807) is 7.11 Å². The van der Waals surface area contributed by atoms with Gasteiger partial charge >= 0.3 is 0 Å². The maximum Gasteiger partial charge on any atom is 0.160 e. The SMILES string of the molecule is COC1C[C@@H]2OS(C(C)C)(C(C)C)OS(C(C)C)(C(C)C)OCC2O1. The van der Waals surface area contributed by atoms with E-state index in [9.17, 15) is 0 Å². The van der Waals surface area contributed by atoms with Gasteiger partial charge in [-0.25, -0.2) is 0 Å². The molecule has 0 saturated carbocycles. The Morgan fingerprint density at radius 2 is 1.32 bits per heavy atom. The summed E-state index contributed by atoms with van der Waals surface area (Å²) in [7, 11) is -1.87. The van der Waals surface area contributed by atoms with E-state index >= 15 is 0 Å². The van der Waals surface area contributed by atoms with Crippen molar-refractivity contribution in [2.24, 2.45) is 0 Å². The second-order valence-corrected chi connectivity index (χ2v) is 15.0. The Bertz CT molecular complexity index is 425. The molecule has 2 aliphatic heterocycles. The first-order chi connectivity index (χ1) is 11.6. The van der Waals surface area contributed by atoms with Gasteiger partial charge in [0.15, 0.2) is 6.29 Å². The second-order valence-electron chi connectivity index (χ2n) is 7.94. The minimum Gasteiger partial charge on any atom is -0.356 e. The molecule has 0 radical (unpaired) electrons. The van der Waals surface area contributed by atoms with Gasteiger partial charge in [-0.3, -0.25) is 8.37 Å². The van der Waals surface area contributed by atoms with Crippen LogP contribution < -0.4 is 0 Å². The molecule has 5 nitrogen and oxygen atoms in total. The van der Waals surface area contributed by atoms with E-state index in [0.29, 0.717) is 6.61 Å². The monoisotopic (exact) mass is 398 g/mol. The average Bonchev–Trinajstić information content (AvgIpc) is 2.87. The topological polar surface area (TPSA) is 46.2 Å². The van der Waals surface area contributed by atoms with Crippen molar-refractivity contribution in [3.05, 3.63) is 0 Å². The molecular formula is C18H38O5S2. The second kappa shape index (κ2) is 8.25. The van der Waals surface area contributed by atoms with E-state index in [4.69, 9.17) is 21.5 Å². The molecule has 0 aromatic heterocycles. The first-order valence-electron chi connectivity index (χ1n) is 9.43. The fraction of sp³-hybridized carbons (Fsp3) is 1.00. The van der Waals surface area contributed by atoms with Crippen LogP contribution in [0.2, 0.25) is 0 Å². The highest BCUT2D eigenvalue weighted by atomic mass is 32.4. The quantitative estimate of drug-likeness (QED) is 0.646. The molecule has 2 rings (SSSR count). The van der Waals surface area contributed by atoms with E-state index in [0.717, 1.165) is 6.42 Å². The molecule has 7 heteroatoms. The van der Waals surface area contributed by atoms with Gasteiger partial charge in [-0.1, -0.05) is 0 Å². The minimum absolute atomic E-state index is 0.0403. The molecular weight excluding hydrogens is 360 g/mol. The van der Waals surface area contributed by atoms with Gasteiger partial charge < -0.3 is 9.47 Å². The highest BCUT2D eigenvalue weighted by molar-refractivity contribution is 8.39. The van der Waals surface area contributed by atoms with Gasteiger partial charge in [0.25, 0.3) is 0 Å². The Labute approximate surface area is 157 Å². The average molecular weight is 399 g/mol. The summed E-state index contributed by atoms with van der Waals surface area (Å²) < 4.78 is 31.9. The summed E-state index contributed by atoms with van der Waals surface area (Å²) in [6, 6.07) is 0. The number of methoxy groups -OCH3 is 1. The molecule has 0 amide bonds. The maximum absolute atomic E-state index is 7.02. The minimum atomic E-state index is -1.80. The van der Waals surface area contributed by atoms with Crippen molar-refractivity contribution in [3.63, 3.8) is 0 Å². The van der Waals surface area contributed by atoms with Gasteiger partial charge in [-0.2, -0.15) is 24.8 Å². The largest absolute Gasteiger partial charge is 0.356 e. The van der Waals surface area contributed by atoms with Gasteiger partial charge in [0.1, 0.15) is 18.8 Å². The maximum atomic E-state index is 7.02. The highest BCUT2D eigenvalue weighted by Crippen LogP contribution is 2.74. The third-order valence-electron chi connectivity index (χ3n) is 4.96. The van der Waals surface area contributed by atoms with Gasteiger partial charge in [-0.15, -0.1) is 0 Å². The number of rotatable bonds is 5. The molecule has 2 saturated heterocycles. The van der Waals surface area contributed by atoms with Crippen molar-refractivity contribution < 1.29 is 21.5 Å². The molecule has 0 N–H and O–H groups in total. The van der Waals surface area contributed by atoms with Crippen molar-refractivity contribution in [2.75, 3.05) is 13.7 Å². The van der Waals surface area contributed by atoms with Crippen molar-refractivity contribution >= 4 is 21.2 Å². The van der Waals surface area contributed by atoms with Gasteiger partial charge in [-0.05, 0) is 55.4 Å². The summed E-state index contributed by atoms with van der Waals surface area (Å²) in [6.07, 6.45) is 0.369. The predicted octanol–water partition coefficient (Wildman–Crippen LogP) is 5.08. The number of fused-ring (bicyclic) bond motifs is 1. The molecule has 2 aliphatic rings. The molecule has 0 aromatic rings. The molecule has 2 unspecified atom stereocenters. The number of ether oxygens (including phenoxy) is 2. The van der Waals surface area contributed by atoms with Gasteiger partial charge in [0, 0.05) is 34.5 Å². The molecule has 2 heterocycles. The van der Waals surface area contributed by atoms with Crippen molar-refractivity contribution in [3.8, 4) is 0 Å². The van der Waals surface area contributed by atoms with E-state index in [1.165, 1.54) is 0 Å².